The van der Waals surface area contributed by atoms with E-state index in [4.69, 9.17) is 28.9 Å². The smallest absolute Gasteiger partial charge is 0.410 e. The third-order valence-corrected chi connectivity index (χ3v) is 14.3. The molecule has 2 N–H and O–H groups in total. The average Bonchev–Trinajstić information content (AvgIpc) is 3.37. The van der Waals surface area contributed by atoms with Crippen molar-refractivity contribution in [3.05, 3.63) is 118 Å². The summed E-state index contributed by atoms with van der Waals surface area (Å²) < 4.78 is 27.2. The van der Waals surface area contributed by atoms with Gasteiger partial charge in [-0.25, -0.2) is 4.79 Å². The van der Waals surface area contributed by atoms with E-state index in [0.29, 0.717) is 55.2 Å². The molecule has 6 rings (SSSR count). The highest BCUT2D eigenvalue weighted by Gasteiger charge is 2.65. The van der Waals surface area contributed by atoms with E-state index in [2.05, 4.69) is 30.6 Å². The second-order valence-electron chi connectivity index (χ2n) is 19.5. The lowest BCUT2D eigenvalue weighted by Gasteiger charge is -2.59. The molecule has 1 saturated carbocycles. The van der Waals surface area contributed by atoms with Gasteiger partial charge in [0.15, 0.2) is 0 Å². The fourth-order valence-corrected chi connectivity index (χ4v) is 10.9. The molecule has 6 unspecified atom stereocenters. The van der Waals surface area contributed by atoms with Crippen molar-refractivity contribution in [2.24, 2.45) is 22.9 Å². The quantitative estimate of drug-likeness (QED) is 0.0263. The summed E-state index contributed by atoms with van der Waals surface area (Å²) in [5.74, 6) is -0.820. The maximum atomic E-state index is 14.7. The number of nitrogens with zero attached hydrogens (tertiary/aromatic N) is 4. The molecule has 1 amide bonds. The van der Waals surface area contributed by atoms with Crippen molar-refractivity contribution < 1.29 is 43.7 Å². The Morgan fingerprint density at radius 1 is 0.915 bits per heavy atom. The van der Waals surface area contributed by atoms with E-state index in [1.165, 1.54) is 57.1 Å². The minimum absolute atomic E-state index is 0.0146. The van der Waals surface area contributed by atoms with Crippen molar-refractivity contribution in [2.75, 3.05) is 33.0 Å². The van der Waals surface area contributed by atoms with Crippen molar-refractivity contribution in [1.29, 1.82) is 0 Å². The zero-order valence-electron chi connectivity index (χ0n) is 42.6. The van der Waals surface area contributed by atoms with E-state index in [9.17, 15) is 25.1 Å². The highest BCUT2D eigenvalue weighted by atomic mass is 16.7. The van der Waals surface area contributed by atoms with E-state index in [-0.39, 0.29) is 62.9 Å². The van der Waals surface area contributed by atoms with Crippen molar-refractivity contribution >= 4 is 17.5 Å². The van der Waals surface area contributed by atoms with Gasteiger partial charge in [0, 0.05) is 55.5 Å². The van der Waals surface area contributed by atoms with Crippen molar-refractivity contribution in [3.63, 3.8) is 0 Å². The van der Waals surface area contributed by atoms with Crippen molar-refractivity contribution in [3.8, 4) is 11.5 Å². The molecule has 3 aromatic rings. The number of nitro groups is 1. The molecule has 2 aromatic carbocycles. The molecule has 2 heterocycles. The number of hydrogen-bond donors (Lipinski definition) is 2. The van der Waals surface area contributed by atoms with Crippen LogP contribution < -0.4 is 9.47 Å². The monoisotopic (exact) mass is 981 g/mol. The first kappa shape index (κ1) is 55.0. The lowest BCUT2D eigenvalue weighted by Crippen LogP contribution is -2.70. The predicted molar refractivity (Wildman–Crippen MR) is 276 cm³/mol. The Labute approximate surface area is 422 Å². The number of amides is 1. The number of rotatable bonds is 32. The van der Waals surface area contributed by atoms with E-state index in [1.54, 1.807) is 23.1 Å². The first-order chi connectivity index (χ1) is 34.7. The molecule has 3 aliphatic rings. The number of carbonyl (C=O) groups excluding carboxylic acids is 1. The van der Waals surface area contributed by atoms with Gasteiger partial charge in [0.2, 0.25) is 5.79 Å². The third kappa shape index (κ3) is 14.9. The van der Waals surface area contributed by atoms with Gasteiger partial charge in [-0.15, -0.1) is 6.58 Å². The van der Waals surface area contributed by atoms with Crippen LogP contribution in [0.4, 0.5) is 10.5 Å². The van der Waals surface area contributed by atoms with Gasteiger partial charge in [-0.2, -0.15) is 0 Å². The van der Waals surface area contributed by atoms with Crippen LogP contribution in [0.2, 0.25) is 0 Å². The number of carbonyl (C=O) groups is 1. The molecule has 1 aromatic heterocycles. The first-order valence-electron chi connectivity index (χ1n) is 26.6. The molecule has 0 bridgehead atoms. The van der Waals surface area contributed by atoms with Crippen molar-refractivity contribution in [1.82, 2.24) is 9.88 Å². The van der Waals surface area contributed by atoms with Crippen LogP contribution in [0, 0.1) is 34.8 Å². The number of aliphatic hydroxyl groups excluding tert-OH is 2. The van der Waals surface area contributed by atoms with E-state index in [0.717, 1.165) is 67.5 Å². The van der Waals surface area contributed by atoms with E-state index >= 15 is 0 Å². The number of aryl methyl sites for hydroxylation is 1. The van der Waals surface area contributed by atoms with Gasteiger partial charge >= 0.3 is 6.09 Å². The largest absolute Gasteiger partial charge is 0.487 e. The summed E-state index contributed by atoms with van der Waals surface area (Å²) in [7, 11) is 0. The van der Waals surface area contributed by atoms with Gasteiger partial charge in [-0.1, -0.05) is 108 Å². The van der Waals surface area contributed by atoms with Gasteiger partial charge in [-0.3, -0.25) is 20.0 Å². The zero-order chi connectivity index (χ0) is 50.4. The fraction of sp³-hybridized carbons (Fsp3) is 0.596. The number of nitro benzene ring substituents is 1. The highest BCUT2D eigenvalue weighted by Crippen LogP contribution is 2.62. The number of allylic oxidation sites excluding steroid dienone is 1. The van der Waals surface area contributed by atoms with Crippen LogP contribution in [0.15, 0.2) is 90.1 Å². The summed E-state index contributed by atoms with van der Waals surface area (Å²) in [6, 6.07) is 17.3. The second-order valence-corrected chi connectivity index (χ2v) is 19.5. The van der Waals surface area contributed by atoms with Crippen LogP contribution in [0.1, 0.15) is 158 Å². The molecule has 388 valence electrons. The number of benzene rings is 2. The minimum atomic E-state index is -1.43. The number of fused-ring (bicyclic) bond motifs is 2. The van der Waals surface area contributed by atoms with Crippen molar-refractivity contribution in [2.45, 2.75) is 167 Å². The lowest BCUT2D eigenvalue weighted by molar-refractivity contribution is -0.384. The normalized spacial score (nSPS) is 21.6. The highest BCUT2D eigenvalue weighted by molar-refractivity contribution is 6.03. The molecule has 14 heteroatoms. The van der Waals surface area contributed by atoms with E-state index < -0.39 is 28.8 Å². The fourth-order valence-electron chi connectivity index (χ4n) is 10.9. The molecule has 2 aliphatic carbocycles. The summed E-state index contributed by atoms with van der Waals surface area (Å²) in [5.41, 5.74) is 4.92. The maximum absolute atomic E-state index is 14.7. The number of hydrogen-bond acceptors (Lipinski definition) is 12. The molecule has 0 spiro atoms. The standard InChI is InChI=1S/C57H80N4O10/c1-5-8-9-10-11-12-13-14-15-20-36-67-56(64)60(32-6-2)53-39-51(59-70-40-43-26-28-46(29-27-43)61(65)66)49-37-44(23-16-18-33-62)48(25-17-19-34-63)54-50-38-47(68-41-45-24-21-22-42(4)58-45)30-31-52(50)71-57(53,55(49)54)69-35-7-3/h7,21-22,24,26-31,37-38,44,48,53-55,62-63H,3,5-6,8-20,23,25,32-36,39-41H2,1-2,4H3. The van der Waals surface area contributed by atoms with Crippen LogP contribution in [0.5, 0.6) is 11.5 Å². The Morgan fingerprint density at radius 3 is 2.31 bits per heavy atom. The zero-order valence-corrected chi connectivity index (χ0v) is 42.6. The number of oxime groups is 1. The minimum Gasteiger partial charge on any atom is -0.487 e. The molecule has 0 saturated heterocycles. The first-order valence-corrected chi connectivity index (χ1v) is 26.6. The predicted octanol–water partition coefficient (Wildman–Crippen LogP) is 12.5. The van der Waals surface area contributed by atoms with Gasteiger partial charge in [0.05, 0.1) is 35.5 Å². The lowest BCUT2D eigenvalue weighted by atomic mass is 9.55. The topological polar surface area (TPSA) is 175 Å². The number of pyridine rings is 1. The molecule has 1 fully saturated rings. The van der Waals surface area contributed by atoms with Crippen LogP contribution in [0.3, 0.4) is 0 Å². The Kier molecular flexibility index (Phi) is 22.2. The molecule has 0 radical (unpaired) electrons. The number of unbranched alkanes of at least 4 members (excludes halogenated alkanes) is 11. The summed E-state index contributed by atoms with van der Waals surface area (Å²) in [5, 5.41) is 36.4. The Hall–Kier alpha value is -5.31. The molecular formula is C57H80N4O10. The van der Waals surface area contributed by atoms with Crippen LogP contribution in [-0.2, 0) is 27.5 Å². The molecule has 1 aliphatic heterocycles. The molecule has 14 nitrogen and oxygen atoms in total. The summed E-state index contributed by atoms with van der Waals surface area (Å²) in [4.78, 5) is 38.4. The average molecular weight is 981 g/mol. The summed E-state index contributed by atoms with van der Waals surface area (Å²) in [6.45, 7) is 11.6. The number of aromatic nitrogens is 1. The molecule has 6 atom stereocenters. The Balaban J connectivity index is 1.42. The van der Waals surface area contributed by atoms with E-state index in [1.807, 2.05) is 44.2 Å². The Morgan fingerprint density at radius 2 is 1.63 bits per heavy atom. The summed E-state index contributed by atoms with van der Waals surface area (Å²) >= 11 is 0. The number of ether oxygens (including phenoxy) is 4. The number of non-ortho nitro benzene ring substituents is 1. The third-order valence-electron chi connectivity index (χ3n) is 14.3. The van der Waals surface area contributed by atoms with Gasteiger partial charge in [0.1, 0.15) is 30.8 Å². The van der Waals surface area contributed by atoms with Crippen LogP contribution >= 0.6 is 0 Å². The van der Waals surface area contributed by atoms with Crippen LogP contribution in [-0.4, -0.2) is 81.6 Å². The molecule has 71 heavy (non-hydrogen) atoms. The maximum Gasteiger partial charge on any atom is 0.410 e. The molecular weight excluding hydrogens is 901 g/mol. The van der Waals surface area contributed by atoms with Gasteiger partial charge < -0.3 is 34.0 Å². The SMILES string of the molecule is C=CCOC12Oc3ccc(OCc4cccc(C)n4)cc3C3C(CCCCO)C(CCCCO)C=C(C(=NOCc4ccc([N+](=O)[O-])cc4)CC1N(CCC)C(=O)OCCCCCCCCCCCC)C32. The number of aliphatic hydroxyl groups is 2. The van der Waals surface area contributed by atoms with Crippen LogP contribution in [0.25, 0.3) is 0 Å². The summed E-state index contributed by atoms with van der Waals surface area (Å²) in [6.07, 6.45) is 20.6. The van der Waals surface area contributed by atoms with Gasteiger partial charge in [-0.05, 0) is 111 Å². The van der Waals surface area contributed by atoms with Gasteiger partial charge in [0.25, 0.3) is 5.69 Å². The Bertz CT molecular complexity index is 2200. The second kappa shape index (κ2) is 28.7.